The third-order valence-corrected chi connectivity index (χ3v) is 3.29. The van der Waals surface area contributed by atoms with Gasteiger partial charge in [0.15, 0.2) is 0 Å². The van der Waals surface area contributed by atoms with Gasteiger partial charge in [-0.2, -0.15) is 0 Å². The van der Waals surface area contributed by atoms with Crippen LogP contribution in [0.25, 0.3) is 0 Å². The van der Waals surface area contributed by atoms with E-state index in [-0.39, 0.29) is 0 Å². The number of halogens is 2. The van der Waals surface area contributed by atoms with Crippen LogP contribution in [0.15, 0.2) is 42.5 Å². The van der Waals surface area contributed by atoms with E-state index in [9.17, 15) is 0 Å². The highest BCUT2D eigenvalue weighted by molar-refractivity contribution is 14.1. The molecule has 0 aromatic heterocycles. The molecule has 0 fully saturated rings. The van der Waals surface area contributed by atoms with E-state index in [2.05, 4.69) is 27.9 Å². The summed E-state index contributed by atoms with van der Waals surface area (Å²) in [5, 5.41) is 4.05. The lowest BCUT2D eigenvalue weighted by atomic mass is 10.2. The van der Waals surface area contributed by atoms with Gasteiger partial charge in [-0.05, 0) is 58.5 Å². The lowest BCUT2D eigenvalue weighted by Gasteiger charge is -2.09. The minimum Gasteiger partial charge on any atom is -0.397 e. The highest BCUT2D eigenvalue weighted by atomic mass is 127. The molecule has 17 heavy (non-hydrogen) atoms. The first-order valence-electron chi connectivity index (χ1n) is 5.18. The molecular formula is C13H12ClIN2. The van der Waals surface area contributed by atoms with Gasteiger partial charge >= 0.3 is 0 Å². The Balaban J connectivity index is 2.07. The van der Waals surface area contributed by atoms with Gasteiger partial charge in [0.1, 0.15) is 0 Å². The molecule has 0 bridgehead atoms. The lowest BCUT2D eigenvalue weighted by Crippen LogP contribution is -2.02. The lowest BCUT2D eigenvalue weighted by molar-refractivity contribution is 1.15. The van der Waals surface area contributed by atoms with Crippen molar-refractivity contribution in [1.82, 2.24) is 0 Å². The van der Waals surface area contributed by atoms with Crippen LogP contribution in [0.1, 0.15) is 5.56 Å². The molecule has 0 unspecified atom stereocenters. The van der Waals surface area contributed by atoms with E-state index >= 15 is 0 Å². The molecule has 0 heterocycles. The second-order valence-corrected chi connectivity index (χ2v) is 5.40. The fourth-order valence-electron chi connectivity index (χ4n) is 1.54. The fourth-order valence-corrected chi connectivity index (χ4v) is 2.27. The van der Waals surface area contributed by atoms with E-state index < -0.39 is 0 Å². The standard InChI is InChI=1S/C13H12ClIN2/c14-10-3-1-2-9(6-10)8-17-13-5-4-11(15)7-12(13)16/h1-7,17H,8,16H2. The molecule has 2 aromatic rings. The first kappa shape index (κ1) is 12.5. The molecule has 0 aliphatic carbocycles. The molecule has 0 aliphatic heterocycles. The van der Waals surface area contributed by atoms with Crippen LogP contribution < -0.4 is 11.1 Å². The van der Waals surface area contributed by atoms with Gasteiger partial charge in [-0.3, -0.25) is 0 Å². The zero-order valence-electron chi connectivity index (χ0n) is 9.08. The quantitative estimate of drug-likeness (QED) is 0.639. The molecule has 0 aliphatic rings. The number of rotatable bonds is 3. The van der Waals surface area contributed by atoms with Crippen LogP contribution in [-0.2, 0) is 6.54 Å². The van der Waals surface area contributed by atoms with Gasteiger partial charge in [0.2, 0.25) is 0 Å². The van der Waals surface area contributed by atoms with Crippen molar-refractivity contribution in [2.45, 2.75) is 6.54 Å². The smallest absolute Gasteiger partial charge is 0.0577 e. The second kappa shape index (κ2) is 5.60. The van der Waals surface area contributed by atoms with Gasteiger partial charge in [0.05, 0.1) is 11.4 Å². The van der Waals surface area contributed by atoms with Crippen LogP contribution in [0.5, 0.6) is 0 Å². The molecule has 0 saturated heterocycles. The summed E-state index contributed by atoms with van der Waals surface area (Å²) in [5.74, 6) is 0. The first-order chi connectivity index (χ1) is 8.15. The largest absolute Gasteiger partial charge is 0.397 e. The van der Waals surface area contributed by atoms with Crippen LogP contribution >= 0.6 is 34.2 Å². The Bertz CT molecular complexity index is 529. The van der Waals surface area contributed by atoms with Crippen molar-refractivity contribution in [2.24, 2.45) is 0 Å². The summed E-state index contributed by atoms with van der Waals surface area (Å²) < 4.78 is 1.13. The molecule has 2 aromatic carbocycles. The number of anilines is 2. The van der Waals surface area contributed by atoms with Crippen LogP contribution in [-0.4, -0.2) is 0 Å². The van der Waals surface area contributed by atoms with Gasteiger partial charge in [-0.15, -0.1) is 0 Å². The summed E-state index contributed by atoms with van der Waals surface area (Å²) in [4.78, 5) is 0. The maximum Gasteiger partial charge on any atom is 0.0577 e. The maximum atomic E-state index is 5.93. The van der Waals surface area contributed by atoms with E-state index in [0.29, 0.717) is 6.54 Å². The Labute approximate surface area is 119 Å². The molecule has 0 atom stereocenters. The average molecular weight is 359 g/mol. The Hall–Kier alpha value is -0.940. The molecule has 0 saturated carbocycles. The number of hydrogen-bond donors (Lipinski definition) is 2. The van der Waals surface area contributed by atoms with Gasteiger partial charge in [0, 0.05) is 15.1 Å². The van der Waals surface area contributed by atoms with Crippen molar-refractivity contribution in [2.75, 3.05) is 11.1 Å². The van der Waals surface area contributed by atoms with Gasteiger partial charge < -0.3 is 11.1 Å². The van der Waals surface area contributed by atoms with E-state index in [1.165, 1.54) is 0 Å². The molecule has 2 nitrogen and oxygen atoms in total. The van der Waals surface area contributed by atoms with Crippen molar-refractivity contribution >= 4 is 45.6 Å². The predicted octanol–water partition coefficient (Wildman–Crippen LogP) is 4.14. The van der Waals surface area contributed by atoms with Crippen molar-refractivity contribution in [1.29, 1.82) is 0 Å². The Morgan fingerprint density at radius 1 is 1.18 bits per heavy atom. The molecule has 4 heteroatoms. The number of nitrogen functional groups attached to an aromatic ring is 1. The summed E-state index contributed by atoms with van der Waals surface area (Å²) in [6.45, 7) is 0.714. The molecular weight excluding hydrogens is 347 g/mol. The van der Waals surface area contributed by atoms with Crippen LogP contribution in [0.4, 0.5) is 11.4 Å². The van der Waals surface area contributed by atoms with E-state index in [1.54, 1.807) is 0 Å². The summed E-state index contributed by atoms with van der Waals surface area (Å²) in [5.41, 5.74) is 8.77. The minimum atomic E-state index is 0.714. The summed E-state index contributed by atoms with van der Waals surface area (Å²) in [7, 11) is 0. The third kappa shape index (κ3) is 3.51. The average Bonchev–Trinajstić information content (AvgIpc) is 2.28. The van der Waals surface area contributed by atoms with Gasteiger partial charge in [-0.25, -0.2) is 0 Å². The van der Waals surface area contributed by atoms with E-state index in [0.717, 1.165) is 25.5 Å². The van der Waals surface area contributed by atoms with Gasteiger partial charge in [-0.1, -0.05) is 23.7 Å². The normalized spacial score (nSPS) is 10.2. The third-order valence-electron chi connectivity index (χ3n) is 2.39. The fraction of sp³-hybridized carbons (Fsp3) is 0.0769. The van der Waals surface area contributed by atoms with Crippen molar-refractivity contribution in [3.05, 3.63) is 56.6 Å². The molecule has 0 amide bonds. The Morgan fingerprint density at radius 2 is 2.00 bits per heavy atom. The first-order valence-corrected chi connectivity index (χ1v) is 6.64. The molecule has 88 valence electrons. The van der Waals surface area contributed by atoms with Crippen LogP contribution in [0.3, 0.4) is 0 Å². The minimum absolute atomic E-state index is 0.714. The highest BCUT2D eigenvalue weighted by Crippen LogP contribution is 2.21. The van der Waals surface area contributed by atoms with Crippen molar-refractivity contribution in [3.63, 3.8) is 0 Å². The SMILES string of the molecule is Nc1cc(I)ccc1NCc1cccc(Cl)c1. The zero-order valence-corrected chi connectivity index (χ0v) is 12.0. The summed E-state index contributed by atoms with van der Waals surface area (Å²) in [6, 6.07) is 13.7. The van der Waals surface area contributed by atoms with E-state index in [4.69, 9.17) is 17.3 Å². The maximum absolute atomic E-state index is 5.93. The van der Waals surface area contributed by atoms with Crippen LogP contribution in [0.2, 0.25) is 5.02 Å². The summed E-state index contributed by atoms with van der Waals surface area (Å²) in [6.07, 6.45) is 0. The zero-order chi connectivity index (χ0) is 12.3. The second-order valence-electron chi connectivity index (χ2n) is 3.72. The molecule has 2 rings (SSSR count). The monoisotopic (exact) mass is 358 g/mol. The van der Waals surface area contributed by atoms with Crippen molar-refractivity contribution in [3.8, 4) is 0 Å². The van der Waals surface area contributed by atoms with Crippen molar-refractivity contribution < 1.29 is 0 Å². The summed E-state index contributed by atoms with van der Waals surface area (Å²) >= 11 is 8.17. The Morgan fingerprint density at radius 3 is 2.71 bits per heavy atom. The predicted molar refractivity (Wildman–Crippen MR) is 82.4 cm³/mol. The van der Waals surface area contributed by atoms with Gasteiger partial charge in [0.25, 0.3) is 0 Å². The molecule has 3 N–H and O–H groups in total. The van der Waals surface area contributed by atoms with E-state index in [1.807, 2.05) is 42.5 Å². The molecule has 0 spiro atoms. The van der Waals surface area contributed by atoms with Crippen LogP contribution in [0, 0.1) is 3.57 Å². The number of nitrogens with one attached hydrogen (secondary N) is 1. The highest BCUT2D eigenvalue weighted by Gasteiger charge is 2.00. The number of benzene rings is 2. The topological polar surface area (TPSA) is 38.0 Å². The molecule has 0 radical (unpaired) electrons. The number of nitrogens with two attached hydrogens (primary N) is 1. The number of hydrogen-bond acceptors (Lipinski definition) is 2. The Kier molecular flexibility index (Phi) is 4.12.